The van der Waals surface area contributed by atoms with Crippen molar-refractivity contribution in [3.8, 4) is 0 Å². The van der Waals surface area contributed by atoms with E-state index in [0.717, 1.165) is 18.2 Å². The van der Waals surface area contributed by atoms with Crippen LogP contribution in [0.15, 0.2) is 42.5 Å². The third-order valence-corrected chi connectivity index (χ3v) is 5.33. The highest BCUT2D eigenvalue weighted by atomic mass is 35.5. The lowest BCUT2D eigenvalue weighted by atomic mass is 9.95. The lowest BCUT2D eigenvalue weighted by molar-refractivity contribution is -0.144. The molecule has 0 radical (unpaired) electrons. The van der Waals surface area contributed by atoms with E-state index >= 15 is 0 Å². The monoisotopic (exact) mass is 597 g/mol. The van der Waals surface area contributed by atoms with Gasteiger partial charge in [0.2, 0.25) is 5.91 Å². The molecule has 0 aliphatic rings. The lowest BCUT2D eigenvalue weighted by Crippen LogP contribution is -2.31. The minimum Gasteiger partial charge on any atom is -0.349 e. The average molecular weight is 598 g/mol. The summed E-state index contributed by atoms with van der Waals surface area (Å²) < 4.78 is 133. The normalized spacial score (nSPS) is 13.8. The van der Waals surface area contributed by atoms with Crippen molar-refractivity contribution in [3.63, 3.8) is 0 Å². The molecule has 0 aliphatic heterocycles. The summed E-state index contributed by atoms with van der Waals surface area (Å²) in [6.45, 7) is -1.11. The molecule has 0 saturated carbocycles. The predicted octanol–water partition coefficient (Wildman–Crippen LogP) is 8.31. The Balaban J connectivity index is 2.39. The van der Waals surface area contributed by atoms with Crippen LogP contribution in [0.1, 0.15) is 45.8 Å². The highest BCUT2D eigenvalue weighted by Crippen LogP contribution is 2.41. The second kappa shape index (κ2) is 11.9. The topological polar surface area (TPSA) is 46.2 Å². The zero-order valence-electron chi connectivity index (χ0n) is 18.6. The lowest BCUT2D eigenvalue weighted by Gasteiger charge is -2.19. The number of nitrogens with one attached hydrogen (secondary N) is 1. The molecular formula is C23H15Cl2F10NO2. The first-order valence-corrected chi connectivity index (χ1v) is 11.0. The summed E-state index contributed by atoms with van der Waals surface area (Å²) in [5.41, 5.74) is -4.36. The highest BCUT2D eigenvalue weighted by molar-refractivity contribution is 6.34. The molecule has 3 nitrogen and oxygen atoms in total. The minimum atomic E-state index is -5.29. The fraction of sp³-hybridized carbons (Fsp3) is 0.304. The maximum atomic E-state index is 14.8. The summed E-state index contributed by atoms with van der Waals surface area (Å²) in [6.07, 6.45) is -17.6. The van der Waals surface area contributed by atoms with Crippen molar-refractivity contribution in [1.29, 1.82) is 0 Å². The molecule has 1 amide bonds. The number of hydrogen-bond acceptors (Lipinski definition) is 2. The first-order chi connectivity index (χ1) is 17.3. The van der Waals surface area contributed by atoms with Gasteiger partial charge in [-0.25, -0.2) is 4.39 Å². The van der Waals surface area contributed by atoms with Gasteiger partial charge in [0.1, 0.15) is 11.7 Å². The molecule has 0 saturated heterocycles. The van der Waals surface area contributed by atoms with Crippen molar-refractivity contribution >= 4 is 40.7 Å². The number of benzene rings is 2. The van der Waals surface area contributed by atoms with E-state index in [9.17, 15) is 53.5 Å². The quantitative estimate of drug-likeness (QED) is 0.246. The summed E-state index contributed by atoms with van der Waals surface area (Å²) in [7, 11) is 0. The zero-order valence-corrected chi connectivity index (χ0v) is 20.1. The number of amides is 1. The van der Waals surface area contributed by atoms with Crippen molar-refractivity contribution < 1.29 is 53.5 Å². The Morgan fingerprint density at radius 1 is 0.895 bits per heavy atom. The average Bonchev–Trinajstić information content (AvgIpc) is 2.76. The van der Waals surface area contributed by atoms with Crippen molar-refractivity contribution in [2.75, 3.05) is 6.54 Å². The van der Waals surface area contributed by atoms with Gasteiger partial charge < -0.3 is 5.32 Å². The minimum absolute atomic E-state index is 0.0137. The fourth-order valence-electron chi connectivity index (χ4n) is 3.17. The number of ketones is 1. The van der Waals surface area contributed by atoms with Crippen LogP contribution in [0.4, 0.5) is 43.9 Å². The summed E-state index contributed by atoms with van der Waals surface area (Å²) in [6, 6.07) is 4.00. The van der Waals surface area contributed by atoms with Crippen LogP contribution in [-0.4, -0.2) is 30.6 Å². The summed E-state index contributed by atoms with van der Waals surface area (Å²) >= 11 is 11.4. The molecule has 1 N–H and O–H groups in total. The number of carbonyl (C=O) groups excluding carboxylic acids is 2. The van der Waals surface area contributed by atoms with Crippen LogP contribution in [0.5, 0.6) is 0 Å². The van der Waals surface area contributed by atoms with Crippen molar-refractivity contribution in [3.05, 3.63) is 74.8 Å². The molecule has 1 atom stereocenters. The Morgan fingerprint density at radius 3 is 1.97 bits per heavy atom. The molecule has 0 bridgehead atoms. The third kappa shape index (κ3) is 9.19. The van der Waals surface area contributed by atoms with E-state index < -0.39 is 83.6 Å². The van der Waals surface area contributed by atoms with E-state index in [0.29, 0.717) is 12.1 Å². The van der Waals surface area contributed by atoms with Gasteiger partial charge in [-0.3, -0.25) is 9.59 Å². The van der Waals surface area contributed by atoms with Crippen LogP contribution in [0.25, 0.3) is 5.83 Å². The molecule has 2 aromatic rings. The number of rotatable bonds is 8. The molecule has 38 heavy (non-hydrogen) atoms. The van der Waals surface area contributed by atoms with Gasteiger partial charge in [-0.1, -0.05) is 35.3 Å². The smallest absolute Gasteiger partial charge is 0.349 e. The maximum absolute atomic E-state index is 14.8. The zero-order chi connectivity index (χ0) is 29.1. The molecule has 2 rings (SSSR count). The van der Waals surface area contributed by atoms with Crippen LogP contribution in [-0.2, 0) is 11.0 Å². The molecule has 1 unspecified atom stereocenters. The van der Waals surface area contributed by atoms with Gasteiger partial charge in [-0.2, -0.15) is 39.5 Å². The molecular weight excluding hydrogens is 583 g/mol. The second-order valence-corrected chi connectivity index (χ2v) is 8.68. The van der Waals surface area contributed by atoms with Gasteiger partial charge in [-0.05, 0) is 35.9 Å². The predicted molar refractivity (Wildman–Crippen MR) is 118 cm³/mol. The Bertz CT molecular complexity index is 1200. The molecule has 0 spiro atoms. The molecule has 0 heterocycles. The largest absolute Gasteiger partial charge is 0.417 e. The van der Waals surface area contributed by atoms with Crippen molar-refractivity contribution in [2.24, 2.45) is 0 Å². The molecule has 0 aromatic heterocycles. The number of carbonyl (C=O) groups is 2. The molecule has 15 heteroatoms. The molecule has 0 fully saturated rings. The van der Waals surface area contributed by atoms with Gasteiger partial charge in [-0.15, -0.1) is 0 Å². The van der Waals surface area contributed by atoms with E-state index in [-0.39, 0.29) is 22.2 Å². The Kier molecular flexibility index (Phi) is 9.87. The SMILES string of the molecule is O=C(CCC(F)(F)F)NCC(=O)c1ccc(/C(F)=C/C(c2cc(Cl)cc(Cl)c2)C(F)(F)F)cc1C(F)(F)F. The Labute approximate surface area is 218 Å². The Hall–Kier alpha value is -2.80. The van der Waals surface area contributed by atoms with Gasteiger partial charge in [0, 0.05) is 27.6 Å². The summed E-state index contributed by atoms with van der Waals surface area (Å²) in [5, 5.41) is 1.34. The van der Waals surface area contributed by atoms with E-state index in [2.05, 4.69) is 0 Å². The molecule has 208 valence electrons. The number of halogens is 12. The highest BCUT2D eigenvalue weighted by Gasteiger charge is 2.41. The number of Topliss-reactive ketones (excluding diaryl/α,β-unsaturated/α-hetero) is 1. The van der Waals surface area contributed by atoms with Crippen molar-refractivity contribution in [1.82, 2.24) is 5.32 Å². The summed E-state index contributed by atoms with van der Waals surface area (Å²) in [5.74, 6) is -7.00. The van der Waals surface area contributed by atoms with Crippen LogP contribution in [0.3, 0.4) is 0 Å². The number of alkyl halides is 9. The first kappa shape index (κ1) is 31.4. The number of hydrogen-bond donors (Lipinski definition) is 1. The van der Waals surface area contributed by atoms with Crippen molar-refractivity contribution in [2.45, 2.75) is 37.3 Å². The van der Waals surface area contributed by atoms with Crippen LogP contribution >= 0.6 is 23.2 Å². The van der Waals surface area contributed by atoms with E-state index in [4.69, 9.17) is 23.2 Å². The maximum Gasteiger partial charge on any atom is 0.417 e. The van der Waals surface area contributed by atoms with Gasteiger partial charge in [0.25, 0.3) is 0 Å². The summed E-state index contributed by atoms with van der Waals surface area (Å²) in [4.78, 5) is 23.7. The Morgan fingerprint density at radius 2 is 1.47 bits per heavy atom. The van der Waals surface area contributed by atoms with Crippen LogP contribution in [0, 0.1) is 0 Å². The van der Waals surface area contributed by atoms with Gasteiger partial charge >= 0.3 is 18.5 Å². The molecule has 2 aromatic carbocycles. The van der Waals surface area contributed by atoms with Gasteiger partial charge in [0.05, 0.1) is 18.5 Å². The third-order valence-electron chi connectivity index (χ3n) is 4.89. The standard InChI is InChI=1S/C23H15Cl2F10NO2/c24-13-5-12(6-14(25)8-13)16(22(30,31)32)9-18(26)11-1-2-15(17(7-11)23(33,34)35)19(37)10-36-20(38)3-4-21(27,28)29/h1-2,5-9,16H,3-4,10H2,(H,36,38)/b18-9-. The van der Waals surface area contributed by atoms with E-state index in [1.54, 1.807) is 5.32 Å². The van der Waals surface area contributed by atoms with E-state index in [1.165, 1.54) is 0 Å². The fourth-order valence-corrected chi connectivity index (χ4v) is 3.71. The second-order valence-electron chi connectivity index (χ2n) is 7.81. The number of allylic oxidation sites excluding steroid dienone is 1. The first-order valence-electron chi connectivity index (χ1n) is 10.3. The van der Waals surface area contributed by atoms with E-state index in [1.807, 2.05) is 0 Å². The van der Waals surface area contributed by atoms with Crippen LogP contribution < -0.4 is 5.32 Å². The van der Waals surface area contributed by atoms with Gasteiger partial charge in [0.15, 0.2) is 5.78 Å². The molecule has 0 aliphatic carbocycles. The van der Waals surface area contributed by atoms with Crippen LogP contribution in [0.2, 0.25) is 10.0 Å².